The van der Waals surface area contributed by atoms with Gasteiger partial charge in [-0.05, 0) is 0 Å². The van der Waals surface area contributed by atoms with Gasteiger partial charge in [0, 0.05) is 19.4 Å². The third-order valence-electron chi connectivity index (χ3n) is 1.11. The Morgan fingerprint density at radius 2 is 2.57 bits per heavy atom. The molecule has 40 valence electrons. The summed E-state index contributed by atoms with van der Waals surface area (Å²) < 4.78 is 4.72. The highest BCUT2D eigenvalue weighted by Gasteiger charge is 2.33. The summed E-state index contributed by atoms with van der Waals surface area (Å²) in [6, 6.07) is 0. The average molecular weight is 100 g/mol. The van der Waals surface area contributed by atoms with Crippen LogP contribution in [0.3, 0.4) is 0 Å². The van der Waals surface area contributed by atoms with Crippen molar-refractivity contribution in [2.75, 3.05) is 13.7 Å². The van der Waals surface area contributed by atoms with Crippen molar-refractivity contribution in [1.29, 1.82) is 0 Å². The quantitative estimate of drug-likeness (QED) is 0.496. The second-order valence-corrected chi connectivity index (χ2v) is 1.82. The summed E-state index contributed by atoms with van der Waals surface area (Å²) in [6.45, 7) is 0.624. The van der Waals surface area contributed by atoms with Crippen molar-refractivity contribution >= 4 is 5.78 Å². The number of carbonyl (C=O) groups excluding carboxylic acids is 1. The van der Waals surface area contributed by atoms with Gasteiger partial charge in [0.2, 0.25) is 0 Å². The number of hydrogen-bond donors (Lipinski definition) is 0. The van der Waals surface area contributed by atoms with Crippen molar-refractivity contribution in [2.45, 2.75) is 6.42 Å². The Morgan fingerprint density at radius 1 is 2.00 bits per heavy atom. The van der Waals surface area contributed by atoms with E-state index < -0.39 is 0 Å². The van der Waals surface area contributed by atoms with E-state index in [1.807, 2.05) is 0 Å². The molecule has 2 heteroatoms. The maximum Gasteiger partial charge on any atom is 0.139 e. The lowest BCUT2D eigenvalue weighted by atomic mass is 10.5. The van der Waals surface area contributed by atoms with Crippen LogP contribution in [0, 0.1) is 5.92 Å². The van der Waals surface area contributed by atoms with E-state index in [1.165, 1.54) is 0 Å². The second kappa shape index (κ2) is 1.62. The van der Waals surface area contributed by atoms with Crippen LogP contribution in [0.25, 0.3) is 0 Å². The SMILES string of the molecule is COCC1CC1=O. The Morgan fingerprint density at radius 3 is 2.71 bits per heavy atom. The molecule has 0 heterocycles. The maximum absolute atomic E-state index is 10.2. The molecule has 0 aromatic heterocycles. The van der Waals surface area contributed by atoms with Crippen molar-refractivity contribution < 1.29 is 9.53 Å². The van der Waals surface area contributed by atoms with Gasteiger partial charge in [0.1, 0.15) is 5.78 Å². The highest BCUT2D eigenvalue weighted by Crippen LogP contribution is 2.22. The number of carbonyl (C=O) groups is 1. The molecule has 1 aliphatic rings. The lowest BCUT2D eigenvalue weighted by molar-refractivity contribution is -0.111. The highest BCUT2D eigenvalue weighted by molar-refractivity contribution is 5.96. The number of ketones is 1. The monoisotopic (exact) mass is 100 g/mol. The summed E-state index contributed by atoms with van der Waals surface area (Å²) in [6.07, 6.45) is 0.744. The normalized spacial score (nSPS) is 28.1. The molecule has 1 unspecified atom stereocenters. The summed E-state index contributed by atoms with van der Waals surface area (Å²) >= 11 is 0. The fourth-order valence-corrected chi connectivity index (χ4v) is 0.537. The van der Waals surface area contributed by atoms with Gasteiger partial charge in [-0.2, -0.15) is 0 Å². The lowest BCUT2D eigenvalue weighted by Gasteiger charge is -1.85. The molecule has 0 spiro atoms. The van der Waals surface area contributed by atoms with Crippen LogP contribution in [0.1, 0.15) is 6.42 Å². The summed E-state index contributed by atoms with van der Waals surface area (Å²) in [5.41, 5.74) is 0. The molecule has 0 amide bonds. The van der Waals surface area contributed by atoms with E-state index in [-0.39, 0.29) is 5.92 Å². The van der Waals surface area contributed by atoms with Crippen LogP contribution in [0.4, 0.5) is 0 Å². The van der Waals surface area contributed by atoms with Crippen molar-refractivity contribution in [3.63, 3.8) is 0 Å². The van der Waals surface area contributed by atoms with Crippen molar-refractivity contribution in [1.82, 2.24) is 0 Å². The molecule has 0 saturated heterocycles. The van der Waals surface area contributed by atoms with Gasteiger partial charge in [-0.3, -0.25) is 4.79 Å². The molecule has 2 nitrogen and oxygen atoms in total. The summed E-state index contributed by atoms with van der Waals surface area (Å²) in [5, 5.41) is 0. The van der Waals surface area contributed by atoms with Gasteiger partial charge in [-0.1, -0.05) is 0 Å². The van der Waals surface area contributed by atoms with Crippen LogP contribution in [0.5, 0.6) is 0 Å². The van der Waals surface area contributed by atoms with Crippen molar-refractivity contribution in [2.24, 2.45) is 5.92 Å². The molecular weight excluding hydrogens is 92.1 g/mol. The van der Waals surface area contributed by atoms with E-state index in [9.17, 15) is 4.79 Å². The smallest absolute Gasteiger partial charge is 0.139 e. The van der Waals surface area contributed by atoms with Gasteiger partial charge in [0.05, 0.1) is 6.61 Å². The first-order valence-corrected chi connectivity index (χ1v) is 2.36. The Kier molecular flexibility index (Phi) is 1.11. The van der Waals surface area contributed by atoms with E-state index in [2.05, 4.69) is 0 Å². The zero-order valence-electron chi connectivity index (χ0n) is 4.31. The first kappa shape index (κ1) is 4.78. The molecule has 0 aliphatic heterocycles. The van der Waals surface area contributed by atoms with E-state index in [1.54, 1.807) is 7.11 Å². The standard InChI is InChI=1S/C5H8O2/c1-7-3-4-2-5(4)6/h4H,2-3H2,1H3. The van der Waals surface area contributed by atoms with Gasteiger partial charge in [-0.15, -0.1) is 0 Å². The van der Waals surface area contributed by atoms with Crippen molar-refractivity contribution in [3.05, 3.63) is 0 Å². The van der Waals surface area contributed by atoms with E-state index in [0.717, 1.165) is 6.42 Å². The van der Waals surface area contributed by atoms with Crippen LogP contribution in [-0.4, -0.2) is 19.5 Å². The first-order chi connectivity index (χ1) is 3.34. The Balaban J connectivity index is 2.09. The van der Waals surface area contributed by atoms with E-state index in [0.29, 0.717) is 12.4 Å². The summed E-state index contributed by atoms with van der Waals surface area (Å²) in [7, 11) is 1.62. The topological polar surface area (TPSA) is 26.3 Å². The predicted molar refractivity (Wildman–Crippen MR) is 25.0 cm³/mol. The fraction of sp³-hybridized carbons (Fsp3) is 0.800. The van der Waals surface area contributed by atoms with Crippen LogP contribution < -0.4 is 0 Å². The largest absolute Gasteiger partial charge is 0.384 e. The molecule has 0 bridgehead atoms. The van der Waals surface area contributed by atoms with Crippen LogP contribution in [-0.2, 0) is 9.53 Å². The van der Waals surface area contributed by atoms with Gasteiger partial charge in [0.15, 0.2) is 0 Å². The van der Waals surface area contributed by atoms with Crippen molar-refractivity contribution in [3.8, 4) is 0 Å². The molecule has 1 atom stereocenters. The fourth-order valence-electron chi connectivity index (χ4n) is 0.537. The molecule has 1 aliphatic carbocycles. The zero-order valence-corrected chi connectivity index (χ0v) is 4.31. The van der Waals surface area contributed by atoms with Crippen LogP contribution in [0.15, 0.2) is 0 Å². The van der Waals surface area contributed by atoms with Gasteiger partial charge < -0.3 is 4.74 Å². The molecule has 7 heavy (non-hydrogen) atoms. The lowest BCUT2D eigenvalue weighted by Crippen LogP contribution is -1.90. The number of Topliss-reactive ketones (excluding diaryl/α,β-unsaturated/α-hetero) is 1. The minimum absolute atomic E-state index is 0.255. The molecule has 0 radical (unpaired) electrons. The minimum Gasteiger partial charge on any atom is -0.384 e. The molecule has 1 saturated carbocycles. The van der Waals surface area contributed by atoms with Gasteiger partial charge in [-0.25, -0.2) is 0 Å². The average Bonchev–Trinajstić information content (AvgIpc) is 2.22. The van der Waals surface area contributed by atoms with Crippen LogP contribution >= 0.6 is 0 Å². The van der Waals surface area contributed by atoms with E-state index in [4.69, 9.17) is 4.74 Å². The predicted octanol–water partition coefficient (Wildman–Crippen LogP) is 0.222. The van der Waals surface area contributed by atoms with Crippen LogP contribution in [0.2, 0.25) is 0 Å². The Bertz CT molecular complexity index is 88.1. The Labute approximate surface area is 42.5 Å². The third kappa shape index (κ3) is 0.996. The van der Waals surface area contributed by atoms with Gasteiger partial charge in [0.25, 0.3) is 0 Å². The Hall–Kier alpha value is -0.370. The minimum atomic E-state index is 0.255. The summed E-state index contributed by atoms with van der Waals surface area (Å²) in [5.74, 6) is 0.604. The highest BCUT2D eigenvalue weighted by atomic mass is 16.5. The summed E-state index contributed by atoms with van der Waals surface area (Å²) in [4.78, 5) is 10.2. The molecule has 1 rings (SSSR count). The molecule has 0 aromatic carbocycles. The zero-order chi connectivity index (χ0) is 5.28. The molecular formula is C5H8O2. The van der Waals surface area contributed by atoms with E-state index >= 15 is 0 Å². The third-order valence-corrected chi connectivity index (χ3v) is 1.11. The molecule has 0 aromatic rings. The van der Waals surface area contributed by atoms with Gasteiger partial charge >= 0.3 is 0 Å². The number of hydrogen-bond acceptors (Lipinski definition) is 2. The second-order valence-electron chi connectivity index (χ2n) is 1.82. The molecule has 0 N–H and O–H groups in total. The number of methoxy groups -OCH3 is 1. The number of ether oxygens (including phenoxy) is 1. The first-order valence-electron chi connectivity index (χ1n) is 2.36. The molecule has 1 fully saturated rings. The maximum atomic E-state index is 10.2. The number of rotatable bonds is 2.